The van der Waals surface area contributed by atoms with Gasteiger partial charge in [0.15, 0.2) is 0 Å². The molecule has 1 aliphatic carbocycles. The SMILES string of the molecule is COC1=CC(Cl)=C(Cc2ccc(C(Br)CBr)cc2)CC1[C@@H]1O[C@H](CO)[C@@H](O)[C@H](O)[C@H]1O. The summed E-state index contributed by atoms with van der Waals surface area (Å²) in [6, 6.07) is 8.25. The quantitative estimate of drug-likeness (QED) is 0.369. The molecule has 172 valence electrons. The summed E-state index contributed by atoms with van der Waals surface area (Å²) in [5, 5.41) is 41.8. The number of aliphatic hydroxyl groups excluding tert-OH is 4. The first kappa shape index (κ1) is 25.2. The summed E-state index contributed by atoms with van der Waals surface area (Å²) in [6.07, 6.45) is -3.22. The molecule has 1 heterocycles. The van der Waals surface area contributed by atoms with E-state index in [-0.39, 0.29) is 4.83 Å². The van der Waals surface area contributed by atoms with Gasteiger partial charge in [-0.15, -0.1) is 0 Å². The molecule has 1 aliphatic heterocycles. The smallest absolute Gasteiger partial charge is 0.111 e. The van der Waals surface area contributed by atoms with Gasteiger partial charge < -0.3 is 29.9 Å². The van der Waals surface area contributed by atoms with Crippen molar-refractivity contribution in [3.8, 4) is 0 Å². The Kier molecular flexibility index (Phi) is 9.03. The van der Waals surface area contributed by atoms with Crippen LogP contribution in [-0.4, -0.2) is 70.0 Å². The molecule has 0 bridgehead atoms. The number of hydrogen-bond donors (Lipinski definition) is 4. The molecule has 1 fully saturated rings. The van der Waals surface area contributed by atoms with Crippen molar-refractivity contribution >= 4 is 43.5 Å². The van der Waals surface area contributed by atoms with E-state index in [0.717, 1.165) is 16.5 Å². The Hall–Kier alpha value is -0.450. The molecule has 31 heavy (non-hydrogen) atoms. The van der Waals surface area contributed by atoms with Gasteiger partial charge in [-0.2, -0.15) is 0 Å². The van der Waals surface area contributed by atoms with Crippen molar-refractivity contribution in [1.82, 2.24) is 0 Å². The maximum atomic E-state index is 10.6. The second-order valence-electron chi connectivity index (χ2n) is 7.85. The first-order valence-corrected chi connectivity index (χ1v) is 12.4. The molecule has 4 N–H and O–H groups in total. The van der Waals surface area contributed by atoms with Gasteiger partial charge in [-0.1, -0.05) is 67.7 Å². The lowest BCUT2D eigenvalue weighted by Gasteiger charge is -2.44. The van der Waals surface area contributed by atoms with Crippen LogP contribution in [0.25, 0.3) is 0 Å². The maximum absolute atomic E-state index is 10.6. The number of aliphatic hydroxyl groups is 4. The molecule has 1 saturated heterocycles. The standard InChI is InChI=1S/C22H27Br2ClO6/c1-30-17-8-16(25)13(6-11-2-4-12(5-3-11)15(24)9-23)7-14(17)22-21(29)20(28)19(27)18(10-26)31-22/h2-5,8,14-15,18-22,26-29H,6-7,9-10H2,1H3/t14?,15?,18-,19-,20+,21-,22+/m1/s1. The molecular formula is C22H27Br2ClO6. The molecule has 1 aromatic carbocycles. The zero-order valence-corrected chi connectivity index (χ0v) is 20.9. The number of methoxy groups -OCH3 is 1. The van der Waals surface area contributed by atoms with Gasteiger partial charge in [-0.25, -0.2) is 0 Å². The van der Waals surface area contributed by atoms with E-state index in [4.69, 9.17) is 21.1 Å². The molecule has 0 saturated carbocycles. The molecule has 0 radical (unpaired) electrons. The zero-order valence-electron chi connectivity index (χ0n) is 17.0. The molecular weight excluding hydrogens is 555 g/mol. The Bertz CT molecular complexity index is 813. The number of hydrogen-bond acceptors (Lipinski definition) is 6. The summed E-state index contributed by atoms with van der Waals surface area (Å²) >= 11 is 13.6. The molecule has 7 atom stereocenters. The fourth-order valence-electron chi connectivity index (χ4n) is 4.09. The van der Waals surface area contributed by atoms with E-state index in [1.807, 2.05) is 0 Å². The van der Waals surface area contributed by atoms with Crippen LogP contribution in [0.5, 0.6) is 0 Å². The predicted octanol–water partition coefficient (Wildman–Crippen LogP) is 2.95. The molecule has 6 nitrogen and oxygen atoms in total. The van der Waals surface area contributed by atoms with Crippen LogP contribution in [0.3, 0.4) is 0 Å². The second-order valence-corrected chi connectivity index (χ2v) is 10.0. The largest absolute Gasteiger partial charge is 0.501 e. The summed E-state index contributed by atoms with van der Waals surface area (Å²) < 4.78 is 11.3. The van der Waals surface area contributed by atoms with Gasteiger partial charge in [0.2, 0.25) is 0 Å². The average molecular weight is 583 g/mol. The lowest BCUT2D eigenvalue weighted by molar-refractivity contribution is -0.240. The minimum Gasteiger partial charge on any atom is -0.501 e. The molecule has 0 spiro atoms. The molecule has 9 heteroatoms. The Morgan fingerprint density at radius 3 is 2.42 bits per heavy atom. The number of alkyl halides is 2. The Balaban J connectivity index is 1.81. The van der Waals surface area contributed by atoms with E-state index in [0.29, 0.717) is 23.6 Å². The first-order chi connectivity index (χ1) is 14.8. The third kappa shape index (κ3) is 5.55. The third-order valence-electron chi connectivity index (χ3n) is 5.89. The van der Waals surface area contributed by atoms with Crippen LogP contribution in [0.4, 0.5) is 0 Å². The fourth-order valence-corrected chi connectivity index (χ4v) is 5.02. The normalized spacial score (nSPS) is 32.6. The summed E-state index contributed by atoms with van der Waals surface area (Å²) in [5.74, 6) is 0.0983. The van der Waals surface area contributed by atoms with Crippen LogP contribution in [-0.2, 0) is 15.9 Å². The van der Waals surface area contributed by atoms with E-state index in [9.17, 15) is 20.4 Å². The van der Waals surface area contributed by atoms with Gasteiger partial charge >= 0.3 is 0 Å². The number of halogens is 3. The highest BCUT2D eigenvalue weighted by molar-refractivity contribution is 9.12. The molecule has 0 amide bonds. The Morgan fingerprint density at radius 2 is 1.84 bits per heavy atom. The lowest BCUT2D eigenvalue weighted by atomic mass is 9.80. The average Bonchev–Trinajstić information content (AvgIpc) is 2.79. The van der Waals surface area contributed by atoms with Crippen molar-refractivity contribution < 1.29 is 29.9 Å². The highest BCUT2D eigenvalue weighted by atomic mass is 79.9. The van der Waals surface area contributed by atoms with Gasteiger partial charge in [0, 0.05) is 21.1 Å². The zero-order chi connectivity index (χ0) is 22.7. The Morgan fingerprint density at radius 1 is 1.16 bits per heavy atom. The van der Waals surface area contributed by atoms with E-state index in [1.165, 1.54) is 12.7 Å². The van der Waals surface area contributed by atoms with Crippen LogP contribution in [0.2, 0.25) is 0 Å². The van der Waals surface area contributed by atoms with Gasteiger partial charge in [0.1, 0.15) is 30.2 Å². The lowest BCUT2D eigenvalue weighted by Crippen LogP contribution is -2.60. The van der Waals surface area contributed by atoms with Crippen LogP contribution in [0.1, 0.15) is 22.4 Å². The number of allylic oxidation sites excluding steroid dienone is 3. The Labute approximate surface area is 203 Å². The third-order valence-corrected chi connectivity index (χ3v) is 8.64. The van der Waals surface area contributed by atoms with E-state index < -0.39 is 43.0 Å². The molecule has 3 rings (SSSR count). The van der Waals surface area contributed by atoms with Gasteiger partial charge in [0.05, 0.1) is 19.8 Å². The molecule has 1 aromatic rings. The van der Waals surface area contributed by atoms with Gasteiger partial charge in [0.25, 0.3) is 0 Å². The second kappa shape index (κ2) is 11.1. The summed E-state index contributed by atoms with van der Waals surface area (Å²) in [6.45, 7) is -0.473. The van der Waals surface area contributed by atoms with Crippen molar-refractivity contribution in [2.45, 2.75) is 48.2 Å². The minimum absolute atomic E-state index is 0.238. The predicted molar refractivity (Wildman–Crippen MR) is 125 cm³/mol. The summed E-state index contributed by atoms with van der Waals surface area (Å²) in [4.78, 5) is 0.238. The van der Waals surface area contributed by atoms with Crippen molar-refractivity contribution in [2.75, 3.05) is 19.0 Å². The molecule has 2 aliphatic rings. The van der Waals surface area contributed by atoms with E-state index in [2.05, 4.69) is 56.1 Å². The van der Waals surface area contributed by atoms with Crippen molar-refractivity contribution in [3.63, 3.8) is 0 Å². The fraction of sp³-hybridized carbons (Fsp3) is 0.545. The maximum Gasteiger partial charge on any atom is 0.111 e. The highest BCUT2D eigenvalue weighted by Gasteiger charge is 2.48. The summed E-state index contributed by atoms with van der Waals surface area (Å²) in [5.41, 5.74) is 3.21. The van der Waals surface area contributed by atoms with Crippen LogP contribution in [0, 0.1) is 5.92 Å². The first-order valence-electron chi connectivity index (χ1n) is 10.0. The van der Waals surface area contributed by atoms with Crippen molar-refractivity contribution in [3.05, 3.63) is 57.8 Å². The number of benzene rings is 1. The van der Waals surface area contributed by atoms with Crippen LogP contribution in [0.15, 0.2) is 46.7 Å². The van der Waals surface area contributed by atoms with Gasteiger partial charge in [-0.05, 0) is 35.6 Å². The summed E-state index contributed by atoms with van der Waals surface area (Å²) in [7, 11) is 1.51. The number of rotatable bonds is 7. The number of ether oxygens (including phenoxy) is 2. The van der Waals surface area contributed by atoms with Crippen molar-refractivity contribution in [1.29, 1.82) is 0 Å². The molecule has 0 aromatic heterocycles. The van der Waals surface area contributed by atoms with E-state index >= 15 is 0 Å². The highest BCUT2D eigenvalue weighted by Crippen LogP contribution is 2.40. The van der Waals surface area contributed by atoms with Crippen molar-refractivity contribution in [2.24, 2.45) is 5.92 Å². The molecule has 2 unspecified atom stereocenters. The minimum atomic E-state index is -1.43. The van der Waals surface area contributed by atoms with Crippen LogP contribution < -0.4 is 0 Å². The monoisotopic (exact) mass is 580 g/mol. The van der Waals surface area contributed by atoms with Crippen LogP contribution >= 0.6 is 43.5 Å². The van der Waals surface area contributed by atoms with Gasteiger partial charge in [-0.3, -0.25) is 0 Å². The van der Waals surface area contributed by atoms with E-state index in [1.54, 1.807) is 6.08 Å². The topological polar surface area (TPSA) is 99.4 Å².